The van der Waals surface area contributed by atoms with Gasteiger partial charge in [-0.2, -0.15) is 0 Å². The van der Waals surface area contributed by atoms with Crippen molar-refractivity contribution in [2.24, 2.45) is 5.92 Å². The van der Waals surface area contributed by atoms with E-state index in [4.69, 9.17) is 4.74 Å². The van der Waals surface area contributed by atoms with Gasteiger partial charge in [0.25, 0.3) is 0 Å². The number of rotatable bonds is 5. The van der Waals surface area contributed by atoms with Gasteiger partial charge in [-0.05, 0) is 25.2 Å². The van der Waals surface area contributed by atoms with Crippen LogP contribution in [0.25, 0.3) is 0 Å². The van der Waals surface area contributed by atoms with E-state index in [1.165, 1.54) is 0 Å². The molecule has 5 nitrogen and oxygen atoms in total. The van der Waals surface area contributed by atoms with Gasteiger partial charge in [0.2, 0.25) is 11.8 Å². The average molecular weight is 280 g/mol. The molecule has 0 aromatic heterocycles. The Morgan fingerprint density at radius 2 is 2.30 bits per heavy atom. The zero-order valence-electron chi connectivity index (χ0n) is 12.2. The van der Waals surface area contributed by atoms with Crippen LogP contribution in [0.3, 0.4) is 0 Å². The third-order valence-corrected chi connectivity index (χ3v) is 4.00. The second-order valence-electron chi connectivity index (χ2n) is 5.51. The molecule has 0 radical (unpaired) electrons. The van der Waals surface area contributed by atoms with Gasteiger partial charge in [-0.1, -0.05) is 12.2 Å². The van der Waals surface area contributed by atoms with Gasteiger partial charge in [0.1, 0.15) is 0 Å². The highest BCUT2D eigenvalue weighted by molar-refractivity contribution is 5.85. The van der Waals surface area contributed by atoms with Crippen molar-refractivity contribution < 1.29 is 14.3 Å². The molecule has 0 bridgehead atoms. The van der Waals surface area contributed by atoms with E-state index in [1.54, 1.807) is 16.9 Å². The molecule has 1 fully saturated rings. The fourth-order valence-corrected chi connectivity index (χ4v) is 2.79. The standard InChI is InChI=1S/C15H24N2O3/c1-20-10-9-16-7-4-8-17(12-15(16)19)14(18)11-13-5-2-3-6-13/h2,5,13H,3-4,6-12H2,1H3/t13-/m1/s1. The van der Waals surface area contributed by atoms with Crippen LogP contribution in [0.15, 0.2) is 12.2 Å². The van der Waals surface area contributed by atoms with Gasteiger partial charge in [-0.3, -0.25) is 9.59 Å². The van der Waals surface area contributed by atoms with Gasteiger partial charge in [0.15, 0.2) is 0 Å². The van der Waals surface area contributed by atoms with Crippen molar-refractivity contribution in [1.29, 1.82) is 0 Å². The lowest BCUT2D eigenvalue weighted by Gasteiger charge is -2.22. The summed E-state index contributed by atoms with van der Waals surface area (Å²) in [5, 5.41) is 0. The molecule has 1 heterocycles. The zero-order valence-corrected chi connectivity index (χ0v) is 12.2. The summed E-state index contributed by atoms with van der Waals surface area (Å²) in [6, 6.07) is 0. The SMILES string of the molecule is COCCN1CCCN(C(=O)C[C@@H]2C=CCC2)CC1=O. The fraction of sp³-hybridized carbons (Fsp3) is 0.733. The molecule has 1 aliphatic heterocycles. The molecule has 0 aromatic rings. The fourth-order valence-electron chi connectivity index (χ4n) is 2.79. The van der Waals surface area contributed by atoms with Crippen LogP contribution in [0.5, 0.6) is 0 Å². The molecule has 1 atom stereocenters. The Bertz CT molecular complexity index is 381. The minimum absolute atomic E-state index is 0.0369. The van der Waals surface area contributed by atoms with Crippen LogP contribution in [0.4, 0.5) is 0 Å². The van der Waals surface area contributed by atoms with Gasteiger partial charge in [0.05, 0.1) is 13.2 Å². The molecule has 1 saturated heterocycles. The third kappa shape index (κ3) is 4.07. The van der Waals surface area contributed by atoms with Gasteiger partial charge in [-0.25, -0.2) is 0 Å². The molecule has 0 spiro atoms. The van der Waals surface area contributed by atoms with E-state index in [0.29, 0.717) is 32.0 Å². The lowest BCUT2D eigenvalue weighted by atomic mass is 10.0. The molecule has 112 valence electrons. The first kappa shape index (κ1) is 15.0. The maximum absolute atomic E-state index is 12.3. The predicted octanol–water partition coefficient (Wildman–Crippen LogP) is 1.05. The number of amides is 2. The average Bonchev–Trinajstić information content (AvgIpc) is 2.86. The highest BCUT2D eigenvalue weighted by Gasteiger charge is 2.26. The smallest absolute Gasteiger partial charge is 0.242 e. The van der Waals surface area contributed by atoms with Crippen molar-refractivity contribution >= 4 is 11.8 Å². The summed E-state index contributed by atoms with van der Waals surface area (Å²) >= 11 is 0. The lowest BCUT2D eigenvalue weighted by molar-refractivity contribution is -0.139. The molecule has 0 aromatic carbocycles. The van der Waals surface area contributed by atoms with Gasteiger partial charge in [0, 0.05) is 33.2 Å². The first-order valence-corrected chi connectivity index (χ1v) is 7.42. The first-order valence-electron chi connectivity index (χ1n) is 7.42. The molecular formula is C15H24N2O3. The largest absolute Gasteiger partial charge is 0.383 e. The Hall–Kier alpha value is -1.36. The zero-order chi connectivity index (χ0) is 14.4. The van der Waals surface area contributed by atoms with Gasteiger partial charge < -0.3 is 14.5 Å². The Labute approximate surface area is 120 Å². The monoisotopic (exact) mass is 280 g/mol. The van der Waals surface area contributed by atoms with E-state index < -0.39 is 0 Å². The van der Waals surface area contributed by atoms with Crippen molar-refractivity contribution in [1.82, 2.24) is 9.80 Å². The molecule has 2 aliphatic rings. The maximum Gasteiger partial charge on any atom is 0.242 e. The number of ether oxygens (including phenoxy) is 1. The topological polar surface area (TPSA) is 49.9 Å². The van der Waals surface area contributed by atoms with Crippen molar-refractivity contribution in [2.75, 3.05) is 39.9 Å². The highest BCUT2D eigenvalue weighted by Crippen LogP contribution is 2.21. The Morgan fingerprint density at radius 3 is 3.00 bits per heavy atom. The van der Waals surface area contributed by atoms with Crippen molar-refractivity contribution in [3.05, 3.63) is 12.2 Å². The van der Waals surface area contributed by atoms with Crippen LogP contribution in [-0.4, -0.2) is 61.5 Å². The summed E-state index contributed by atoms with van der Waals surface area (Å²) in [5.74, 6) is 0.517. The minimum atomic E-state index is 0.0369. The number of methoxy groups -OCH3 is 1. The van der Waals surface area contributed by atoms with Crippen LogP contribution in [-0.2, 0) is 14.3 Å². The first-order chi connectivity index (χ1) is 9.70. The molecule has 1 aliphatic carbocycles. The predicted molar refractivity (Wildman–Crippen MR) is 76.1 cm³/mol. The summed E-state index contributed by atoms with van der Waals surface area (Å²) in [7, 11) is 1.63. The summed E-state index contributed by atoms with van der Waals surface area (Å²) in [4.78, 5) is 27.9. The molecule has 2 rings (SSSR count). The Balaban J connectivity index is 1.85. The summed E-state index contributed by atoms with van der Waals surface area (Å²) in [5.41, 5.74) is 0. The molecule has 0 N–H and O–H groups in total. The number of carbonyl (C=O) groups excluding carboxylic acids is 2. The Morgan fingerprint density at radius 1 is 1.45 bits per heavy atom. The van der Waals surface area contributed by atoms with E-state index in [2.05, 4.69) is 12.2 Å². The van der Waals surface area contributed by atoms with E-state index >= 15 is 0 Å². The number of allylic oxidation sites excluding steroid dienone is 2. The van der Waals surface area contributed by atoms with Crippen molar-refractivity contribution in [3.63, 3.8) is 0 Å². The van der Waals surface area contributed by atoms with Crippen LogP contribution < -0.4 is 0 Å². The van der Waals surface area contributed by atoms with Crippen molar-refractivity contribution in [2.45, 2.75) is 25.7 Å². The number of nitrogens with zero attached hydrogens (tertiary/aromatic N) is 2. The van der Waals surface area contributed by atoms with E-state index in [0.717, 1.165) is 25.8 Å². The normalized spacial score (nSPS) is 23.2. The number of carbonyl (C=O) groups is 2. The van der Waals surface area contributed by atoms with E-state index in [-0.39, 0.29) is 18.4 Å². The molecule has 2 amide bonds. The summed E-state index contributed by atoms with van der Waals surface area (Å²) < 4.78 is 5.01. The Kier molecular flexibility index (Phi) is 5.59. The van der Waals surface area contributed by atoms with Crippen LogP contribution in [0, 0.1) is 5.92 Å². The molecule has 0 unspecified atom stereocenters. The van der Waals surface area contributed by atoms with E-state index in [9.17, 15) is 9.59 Å². The summed E-state index contributed by atoms with van der Waals surface area (Å²) in [6.45, 7) is 2.79. The molecular weight excluding hydrogens is 256 g/mol. The van der Waals surface area contributed by atoms with Crippen LogP contribution in [0.1, 0.15) is 25.7 Å². The maximum atomic E-state index is 12.3. The van der Waals surface area contributed by atoms with Gasteiger partial charge in [-0.15, -0.1) is 0 Å². The van der Waals surface area contributed by atoms with Crippen molar-refractivity contribution in [3.8, 4) is 0 Å². The number of hydrogen-bond acceptors (Lipinski definition) is 3. The van der Waals surface area contributed by atoms with Crippen LogP contribution in [0.2, 0.25) is 0 Å². The minimum Gasteiger partial charge on any atom is -0.383 e. The molecule has 20 heavy (non-hydrogen) atoms. The van der Waals surface area contributed by atoms with Crippen LogP contribution >= 0.6 is 0 Å². The quantitative estimate of drug-likeness (QED) is 0.707. The highest BCUT2D eigenvalue weighted by atomic mass is 16.5. The summed E-state index contributed by atoms with van der Waals surface area (Å²) in [6.07, 6.45) is 7.79. The second kappa shape index (κ2) is 7.43. The van der Waals surface area contributed by atoms with Gasteiger partial charge >= 0.3 is 0 Å². The molecule has 0 saturated carbocycles. The lowest BCUT2D eigenvalue weighted by Crippen LogP contribution is -2.40. The third-order valence-electron chi connectivity index (χ3n) is 4.00. The number of hydrogen-bond donors (Lipinski definition) is 0. The van der Waals surface area contributed by atoms with E-state index in [1.807, 2.05) is 0 Å². The second-order valence-corrected chi connectivity index (χ2v) is 5.51. The molecule has 5 heteroatoms.